The predicted octanol–water partition coefficient (Wildman–Crippen LogP) is 1.90. The lowest BCUT2D eigenvalue weighted by Gasteiger charge is -2.13. The quantitative estimate of drug-likeness (QED) is 0.639. The van der Waals surface area contributed by atoms with Gasteiger partial charge < -0.3 is 10.1 Å². The second-order valence-corrected chi connectivity index (χ2v) is 5.26. The minimum absolute atomic E-state index is 0.359. The van der Waals surface area contributed by atoms with E-state index >= 15 is 0 Å². The monoisotopic (exact) mass is 203 g/mol. The Morgan fingerprint density at radius 2 is 2.15 bits per heavy atom. The summed E-state index contributed by atoms with van der Waals surface area (Å²) in [7, 11) is 0. The zero-order valence-corrected chi connectivity index (χ0v) is 9.75. The van der Waals surface area contributed by atoms with Crippen LogP contribution in [0, 0.1) is 0 Å². The van der Waals surface area contributed by atoms with Gasteiger partial charge in [0.05, 0.1) is 12.7 Å². The van der Waals surface area contributed by atoms with Crippen molar-refractivity contribution in [2.75, 3.05) is 26.0 Å². The molecule has 2 nitrogen and oxygen atoms in total. The molecule has 1 rings (SSSR count). The number of thioether (sulfide) groups is 1. The molecule has 0 spiro atoms. The van der Waals surface area contributed by atoms with Gasteiger partial charge in [0.2, 0.25) is 0 Å². The molecule has 0 aromatic carbocycles. The lowest BCUT2D eigenvalue weighted by molar-refractivity contribution is 0.0809. The predicted molar refractivity (Wildman–Crippen MR) is 59.4 cm³/mol. The van der Waals surface area contributed by atoms with E-state index in [4.69, 9.17) is 4.74 Å². The molecule has 1 fully saturated rings. The van der Waals surface area contributed by atoms with Crippen molar-refractivity contribution in [2.45, 2.75) is 37.5 Å². The lowest BCUT2D eigenvalue weighted by Crippen LogP contribution is -2.29. The summed E-state index contributed by atoms with van der Waals surface area (Å²) in [6.07, 6.45) is 5.33. The van der Waals surface area contributed by atoms with Crippen LogP contribution >= 0.6 is 11.8 Å². The lowest BCUT2D eigenvalue weighted by atomic mass is 10.4. The van der Waals surface area contributed by atoms with Crippen LogP contribution in [0.2, 0.25) is 0 Å². The van der Waals surface area contributed by atoms with Gasteiger partial charge in [-0.3, -0.25) is 0 Å². The van der Waals surface area contributed by atoms with Crippen molar-refractivity contribution in [3.63, 3.8) is 0 Å². The van der Waals surface area contributed by atoms with Gasteiger partial charge in [-0.25, -0.2) is 0 Å². The zero-order chi connectivity index (χ0) is 9.73. The molecule has 0 atom stereocenters. The van der Waals surface area contributed by atoms with E-state index in [0.29, 0.717) is 10.9 Å². The third kappa shape index (κ3) is 4.34. The second kappa shape index (κ2) is 5.23. The van der Waals surface area contributed by atoms with E-state index in [-0.39, 0.29) is 0 Å². The molecule has 0 heterocycles. The molecule has 0 radical (unpaired) electrons. The van der Waals surface area contributed by atoms with E-state index in [1.165, 1.54) is 12.8 Å². The first kappa shape index (κ1) is 11.3. The smallest absolute Gasteiger partial charge is 0.0594 e. The fourth-order valence-electron chi connectivity index (χ4n) is 1.28. The van der Waals surface area contributed by atoms with Crippen molar-refractivity contribution >= 4 is 11.8 Å². The first-order valence-electron chi connectivity index (χ1n) is 5.06. The van der Waals surface area contributed by atoms with E-state index in [9.17, 15) is 0 Å². The summed E-state index contributed by atoms with van der Waals surface area (Å²) in [5.74, 6) is 0. The Labute approximate surface area is 85.8 Å². The molecular weight excluding hydrogens is 182 g/mol. The highest BCUT2D eigenvalue weighted by Gasteiger charge is 2.41. The molecule has 0 unspecified atom stereocenters. The fraction of sp³-hybridized carbons (Fsp3) is 1.00. The van der Waals surface area contributed by atoms with Crippen LogP contribution in [0.5, 0.6) is 0 Å². The third-order valence-corrected chi connectivity index (χ3v) is 3.84. The Morgan fingerprint density at radius 3 is 2.62 bits per heavy atom. The standard InChI is InChI=1S/C10H21NOS/c1-9(2)12-7-6-11-8-10(13-3)4-5-10/h9,11H,4-8H2,1-3H3. The van der Waals surface area contributed by atoms with Crippen molar-refractivity contribution in [2.24, 2.45) is 0 Å². The maximum absolute atomic E-state index is 5.44. The van der Waals surface area contributed by atoms with Gasteiger partial charge in [0, 0.05) is 17.8 Å². The van der Waals surface area contributed by atoms with Gasteiger partial charge in [0.25, 0.3) is 0 Å². The van der Waals surface area contributed by atoms with Crippen molar-refractivity contribution in [1.29, 1.82) is 0 Å². The van der Waals surface area contributed by atoms with Crippen molar-refractivity contribution in [1.82, 2.24) is 5.32 Å². The average molecular weight is 203 g/mol. The Morgan fingerprint density at radius 1 is 1.46 bits per heavy atom. The normalized spacial score (nSPS) is 19.4. The fourth-order valence-corrected chi connectivity index (χ4v) is 2.03. The van der Waals surface area contributed by atoms with Crippen LogP contribution < -0.4 is 5.32 Å². The Bertz CT molecular complexity index is 146. The highest BCUT2D eigenvalue weighted by molar-refractivity contribution is 8.00. The van der Waals surface area contributed by atoms with Gasteiger partial charge in [-0.05, 0) is 32.9 Å². The molecule has 3 heteroatoms. The highest BCUT2D eigenvalue weighted by atomic mass is 32.2. The van der Waals surface area contributed by atoms with Gasteiger partial charge in [0.1, 0.15) is 0 Å². The van der Waals surface area contributed by atoms with E-state index in [0.717, 1.165) is 19.7 Å². The Hall–Kier alpha value is 0.270. The Balaban J connectivity index is 1.90. The molecule has 1 aliphatic carbocycles. The first-order chi connectivity index (χ1) is 6.18. The van der Waals surface area contributed by atoms with Gasteiger partial charge in [-0.2, -0.15) is 11.8 Å². The second-order valence-electron chi connectivity index (χ2n) is 3.98. The molecule has 0 aromatic rings. The molecular formula is C10H21NOS. The van der Waals surface area contributed by atoms with E-state index in [2.05, 4.69) is 25.4 Å². The van der Waals surface area contributed by atoms with Crippen LogP contribution in [0.25, 0.3) is 0 Å². The summed E-state index contributed by atoms with van der Waals surface area (Å²) in [6.45, 7) is 7.12. The molecule has 78 valence electrons. The number of hydrogen-bond donors (Lipinski definition) is 1. The number of ether oxygens (including phenoxy) is 1. The summed E-state index contributed by atoms with van der Waals surface area (Å²) < 4.78 is 6.02. The molecule has 0 aliphatic heterocycles. The molecule has 1 N–H and O–H groups in total. The van der Waals surface area contributed by atoms with Crippen LogP contribution in [-0.4, -0.2) is 36.8 Å². The van der Waals surface area contributed by atoms with Crippen LogP contribution in [0.1, 0.15) is 26.7 Å². The first-order valence-corrected chi connectivity index (χ1v) is 6.28. The van der Waals surface area contributed by atoms with Crippen LogP contribution in [0.3, 0.4) is 0 Å². The molecule has 0 amide bonds. The summed E-state index contributed by atoms with van der Waals surface area (Å²) >= 11 is 2.00. The van der Waals surface area contributed by atoms with E-state index in [1.54, 1.807) is 0 Å². The molecule has 0 saturated heterocycles. The van der Waals surface area contributed by atoms with Crippen molar-refractivity contribution in [3.05, 3.63) is 0 Å². The van der Waals surface area contributed by atoms with Gasteiger partial charge in [-0.1, -0.05) is 0 Å². The molecule has 0 bridgehead atoms. The highest BCUT2D eigenvalue weighted by Crippen LogP contribution is 2.46. The molecule has 1 aliphatic rings. The van der Waals surface area contributed by atoms with E-state index in [1.807, 2.05) is 11.8 Å². The maximum Gasteiger partial charge on any atom is 0.0594 e. The number of hydrogen-bond acceptors (Lipinski definition) is 3. The van der Waals surface area contributed by atoms with Crippen molar-refractivity contribution in [3.8, 4) is 0 Å². The van der Waals surface area contributed by atoms with Crippen LogP contribution in [0.15, 0.2) is 0 Å². The molecule has 13 heavy (non-hydrogen) atoms. The topological polar surface area (TPSA) is 21.3 Å². The van der Waals surface area contributed by atoms with Gasteiger partial charge >= 0.3 is 0 Å². The van der Waals surface area contributed by atoms with Crippen molar-refractivity contribution < 1.29 is 4.74 Å². The minimum atomic E-state index is 0.359. The van der Waals surface area contributed by atoms with Crippen LogP contribution in [0.4, 0.5) is 0 Å². The van der Waals surface area contributed by atoms with Gasteiger partial charge in [-0.15, -0.1) is 0 Å². The average Bonchev–Trinajstić information content (AvgIpc) is 2.84. The molecule has 0 aromatic heterocycles. The summed E-state index contributed by atoms with van der Waals surface area (Å²) in [4.78, 5) is 0. The minimum Gasteiger partial charge on any atom is -0.377 e. The summed E-state index contributed by atoms with van der Waals surface area (Å²) in [6, 6.07) is 0. The van der Waals surface area contributed by atoms with Crippen LogP contribution in [-0.2, 0) is 4.74 Å². The SMILES string of the molecule is CSC1(CNCCOC(C)C)CC1. The number of rotatable bonds is 7. The summed E-state index contributed by atoms with van der Waals surface area (Å²) in [5, 5.41) is 3.45. The zero-order valence-electron chi connectivity index (χ0n) is 8.93. The Kier molecular flexibility index (Phi) is 4.56. The largest absolute Gasteiger partial charge is 0.377 e. The van der Waals surface area contributed by atoms with Gasteiger partial charge in [0.15, 0.2) is 0 Å². The number of nitrogens with one attached hydrogen (secondary N) is 1. The molecule has 1 saturated carbocycles. The van der Waals surface area contributed by atoms with E-state index < -0.39 is 0 Å². The summed E-state index contributed by atoms with van der Waals surface area (Å²) in [5.41, 5.74) is 0. The maximum atomic E-state index is 5.44. The third-order valence-electron chi connectivity index (χ3n) is 2.42.